The number of rotatable bonds is 7. The third kappa shape index (κ3) is 5.19. The van der Waals surface area contributed by atoms with Crippen LogP contribution in [0.25, 0.3) is 10.6 Å². The zero-order valence-electron chi connectivity index (χ0n) is 19.0. The average Bonchev–Trinajstić information content (AvgIpc) is 3.24. The molecule has 0 aliphatic carbocycles. The van der Waals surface area contributed by atoms with Gasteiger partial charge >= 0.3 is 12.1 Å². The fourth-order valence-electron chi connectivity index (χ4n) is 3.16. The van der Waals surface area contributed by atoms with E-state index >= 15 is 0 Å². The lowest BCUT2D eigenvalue weighted by atomic mass is 10.1. The van der Waals surface area contributed by atoms with Crippen LogP contribution in [0.2, 0.25) is 0 Å². The van der Waals surface area contributed by atoms with Crippen LogP contribution in [0.5, 0.6) is 5.75 Å². The number of nitrogens with zero attached hydrogens (tertiary/aromatic N) is 1. The fourth-order valence-corrected chi connectivity index (χ4v) is 7.37. The molecule has 1 heterocycles. The third-order valence-electron chi connectivity index (χ3n) is 5.51. The second-order valence-corrected chi connectivity index (χ2v) is 13.2. The van der Waals surface area contributed by atoms with E-state index in [4.69, 9.17) is 4.74 Å². The molecule has 3 rings (SSSR count). The van der Waals surface area contributed by atoms with Crippen molar-refractivity contribution in [2.45, 2.75) is 48.6 Å². The highest BCUT2D eigenvalue weighted by Gasteiger charge is 2.32. The molecule has 4 nitrogen and oxygen atoms in total. The highest BCUT2D eigenvalue weighted by molar-refractivity contribution is 8.34. The van der Waals surface area contributed by atoms with Crippen LogP contribution in [-0.4, -0.2) is 33.7 Å². The zero-order chi connectivity index (χ0) is 24.6. The van der Waals surface area contributed by atoms with Crippen molar-refractivity contribution in [3.63, 3.8) is 0 Å². The first-order valence-corrected chi connectivity index (χ1v) is 13.2. The smallest absolute Gasteiger partial charge is 0.416 e. The molecule has 0 saturated heterocycles. The minimum atomic E-state index is -4.37. The molecule has 0 bridgehead atoms. The standard InChI is InChI=1S/C24H26F3NO3S2/c1-6-33(5,18-11-12-19(15(2)13-18)31-23(3,4)22(29)30)20-14-28-21(32-20)16-7-9-17(10-8-16)24(25,26)27/h7-14H,6H2,1-5H3,(H,29,30). The molecule has 0 saturated carbocycles. The number of carbonyl (C=O) groups is 1. The first-order chi connectivity index (χ1) is 15.3. The molecule has 9 heteroatoms. The lowest BCUT2D eigenvalue weighted by molar-refractivity contribution is -0.152. The maximum atomic E-state index is 12.9. The van der Waals surface area contributed by atoms with Gasteiger partial charge in [0, 0.05) is 5.56 Å². The first-order valence-electron chi connectivity index (χ1n) is 10.2. The van der Waals surface area contributed by atoms with Gasteiger partial charge in [0.1, 0.15) is 10.8 Å². The Kier molecular flexibility index (Phi) is 6.87. The number of aliphatic carboxylic acids is 1. The van der Waals surface area contributed by atoms with E-state index in [9.17, 15) is 23.1 Å². The molecule has 0 aliphatic rings. The molecule has 33 heavy (non-hydrogen) atoms. The number of benzene rings is 2. The summed E-state index contributed by atoms with van der Waals surface area (Å²) in [6.07, 6.45) is -0.387. The lowest BCUT2D eigenvalue weighted by Crippen LogP contribution is -2.38. The van der Waals surface area contributed by atoms with Gasteiger partial charge in [-0.15, -0.1) is 11.3 Å². The Balaban J connectivity index is 1.91. The number of aromatic nitrogens is 1. The van der Waals surface area contributed by atoms with Gasteiger partial charge in [-0.25, -0.2) is 9.78 Å². The lowest BCUT2D eigenvalue weighted by Gasteiger charge is -2.34. The van der Waals surface area contributed by atoms with Crippen LogP contribution in [0.3, 0.4) is 0 Å². The number of carboxylic acids is 1. The van der Waals surface area contributed by atoms with Gasteiger partial charge in [0.25, 0.3) is 0 Å². The molecule has 0 amide bonds. The Morgan fingerprint density at radius 3 is 2.30 bits per heavy atom. The third-order valence-corrected chi connectivity index (χ3v) is 11.1. The number of halogens is 3. The quantitative estimate of drug-likeness (QED) is 0.373. The molecule has 2 aromatic carbocycles. The van der Waals surface area contributed by atoms with E-state index in [0.29, 0.717) is 16.3 Å². The van der Waals surface area contributed by atoms with E-state index in [1.54, 1.807) is 6.07 Å². The monoisotopic (exact) mass is 497 g/mol. The Bertz CT molecular complexity index is 1160. The van der Waals surface area contributed by atoms with Gasteiger partial charge in [-0.1, -0.05) is 19.1 Å². The van der Waals surface area contributed by atoms with Crippen molar-refractivity contribution in [1.82, 2.24) is 4.98 Å². The number of ether oxygens (including phenoxy) is 1. The Hall–Kier alpha value is -2.52. The van der Waals surface area contributed by atoms with Crippen LogP contribution >= 0.6 is 21.4 Å². The van der Waals surface area contributed by atoms with Gasteiger partial charge in [-0.05, 0) is 73.6 Å². The van der Waals surface area contributed by atoms with E-state index < -0.39 is 33.3 Å². The minimum Gasteiger partial charge on any atom is -0.478 e. The Labute approximate surface area is 196 Å². The molecule has 178 valence electrons. The van der Waals surface area contributed by atoms with Crippen LogP contribution in [0.4, 0.5) is 13.2 Å². The highest BCUT2D eigenvalue weighted by atomic mass is 32.3. The summed E-state index contributed by atoms with van der Waals surface area (Å²) in [4.78, 5) is 17.0. The highest BCUT2D eigenvalue weighted by Crippen LogP contribution is 2.62. The molecule has 0 fully saturated rings. The number of alkyl halides is 3. The SMILES string of the molecule is CCS(C)(c1ccc(OC(C)(C)C(=O)O)c(C)c1)c1cnc(-c2ccc(C(F)(F)F)cc2)s1. The van der Waals surface area contributed by atoms with Crippen molar-refractivity contribution >= 4 is 27.3 Å². The summed E-state index contributed by atoms with van der Waals surface area (Å²) in [5.74, 6) is 0.316. The Morgan fingerprint density at radius 2 is 1.79 bits per heavy atom. The second-order valence-electron chi connectivity index (χ2n) is 8.28. The number of hydrogen-bond acceptors (Lipinski definition) is 4. The predicted octanol–water partition coefficient (Wildman–Crippen LogP) is 7.25. The molecular weight excluding hydrogens is 471 g/mol. The summed E-state index contributed by atoms with van der Waals surface area (Å²) in [6, 6.07) is 10.8. The zero-order valence-corrected chi connectivity index (χ0v) is 20.6. The van der Waals surface area contributed by atoms with Gasteiger partial charge in [-0.3, -0.25) is 0 Å². The second kappa shape index (κ2) is 9.02. The van der Waals surface area contributed by atoms with E-state index in [0.717, 1.165) is 32.6 Å². The molecule has 1 aromatic heterocycles. The summed E-state index contributed by atoms with van der Waals surface area (Å²) in [6.45, 7) is 6.99. The topological polar surface area (TPSA) is 59.4 Å². The fraction of sp³-hybridized carbons (Fsp3) is 0.333. The molecule has 1 unspecified atom stereocenters. The van der Waals surface area contributed by atoms with Crippen molar-refractivity contribution < 1.29 is 27.8 Å². The number of carboxylic acid groups (broad SMARTS) is 1. The van der Waals surface area contributed by atoms with Crippen LogP contribution in [0.1, 0.15) is 31.9 Å². The van der Waals surface area contributed by atoms with Crippen molar-refractivity contribution in [1.29, 1.82) is 0 Å². The summed E-state index contributed by atoms with van der Waals surface area (Å²) < 4.78 is 45.4. The number of thiazole rings is 1. The summed E-state index contributed by atoms with van der Waals surface area (Å²) in [7, 11) is -1.45. The molecule has 0 radical (unpaired) electrons. The molecule has 0 spiro atoms. The van der Waals surface area contributed by atoms with Crippen molar-refractivity contribution in [2.75, 3.05) is 12.0 Å². The van der Waals surface area contributed by atoms with Crippen molar-refractivity contribution in [2.24, 2.45) is 0 Å². The van der Waals surface area contributed by atoms with Crippen molar-refractivity contribution in [3.05, 3.63) is 59.8 Å². The molecule has 1 N–H and O–H groups in total. The average molecular weight is 498 g/mol. The van der Waals surface area contributed by atoms with E-state index in [-0.39, 0.29) is 0 Å². The van der Waals surface area contributed by atoms with Gasteiger partial charge in [0.15, 0.2) is 5.60 Å². The van der Waals surface area contributed by atoms with Crippen LogP contribution in [-0.2, 0) is 11.0 Å². The van der Waals surface area contributed by atoms with E-state index in [2.05, 4.69) is 18.2 Å². The van der Waals surface area contributed by atoms with Crippen LogP contribution < -0.4 is 4.74 Å². The summed E-state index contributed by atoms with van der Waals surface area (Å²) in [5.41, 5.74) is -0.549. The largest absolute Gasteiger partial charge is 0.478 e. The van der Waals surface area contributed by atoms with Crippen LogP contribution in [0, 0.1) is 6.92 Å². The van der Waals surface area contributed by atoms with Gasteiger partial charge in [-0.2, -0.15) is 23.2 Å². The molecular formula is C24H26F3NO3S2. The minimum absolute atomic E-state index is 0.513. The van der Waals surface area contributed by atoms with Gasteiger partial charge < -0.3 is 9.84 Å². The number of aryl methyl sites for hydroxylation is 1. The van der Waals surface area contributed by atoms with Gasteiger partial charge in [0.05, 0.1) is 16.0 Å². The van der Waals surface area contributed by atoms with Crippen molar-refractivity contribution in [3.8, 4) is 16.3 Å². The molecule has 1 atom stereocenters. The molecule has 0 aliphatic heterocycles. The summed E-state index contributed by atoms with van der Waals surface area (Å²) >= 11 is 1.49. The summed E-state index contributed by atoms with van der Waals surface area (Å²) in [5, 5.41) is 10.0. The molecule has 3 aromatic rings. The maximum Gasteiger partial charge on any atom is 0.416 e. The van der Waals surface area contributed by atoms with E-state index in [1.807, 2.05) is 25.3 Å². The normalized spacial score (nSPS) is 15.0. The predicted molar refractivity (Wildman–Crippen MR) is 127 cm³/mol. The van der Waals surface area contributed by atoms with Crippen LogP contribution in [0.15, 0.2) is 57.8 Å². The number of hydrogen-bond donors (Lipinski definition) is 1. The Morgan fingerprint density at radius 1 is 1.15 bits per heavy atom. The maximum absolute atomic E-state index is 12.9. The van der Waals surface area contributed by atoms with E-state index in [1.165, 1.54) is 37.3 Å². The van der Waals surface area contributed by atoms with Gasteiger partial charge in [0.2, 0.25) is 0 Å². The first kappa shape index (κ1) is 25.1.